The van der Waals surface area contributed by atoms with Crippen LogP contribution < -0.4 is 10.6 Å². The van der Waals surface area contributed by atoms with Crippen LogP contribution in [-0.4, -0.2) is 27.3 Å². The average molecular weight is 252 g/mol. The van der Waals surface area contributed by atoms with Crippen molar-refractivity contribution in [2.75, 3.05) is 0 Å². The Morgan fingerprint density at radius 2 is 2.17 bits per heavy atom. The number of nitrogens with zero attached hydrogens (tertiary/aromatic N) is 2. The van der Waals surface area contributed by atoms with Gasteiger partial charge in [0.05, 0.1) is 12.2 Å². The molecule has 1 rings (SSSR count). The Labute approximate surface area is 109 Å². The van der Waals surface area contributed by atoms with Crippen LogP contribution in [0.25, 0.3) is 0 Å². The van der Waals surface area contributed by atoms with Crippen molar-refractivity contribution in [3.63, 3.8) is 0 Å². The summed E-state index contributed by atoms with van der Waals surface area (Å²) in [5.41, 5.74) is 0.896. The van der Waals surface area contributed by atoms with Crippen LogP contribution in [0.2, 0.25) is 0 Å². The SMILES string of the molecule is CCn1cc(CNC(C)C(=O)NC(C)(C)C)cn1. The minimum atomic E-state index is -0.214. The highest BCUT2D eigenvalue weighted by molar-refractivity contribution is 5.81. The van der Waals surface area contributed by atoms with Crippen LogP contribution in [-0.2, 0) is 17.9 Å². The van der Waals surface area contributed by atoms with Crippen molar-refractivity contribution >= 4 is 5.91 Å². The fraction of sp³-hybridized carbons (Fsp3) is 0.692. The van der Waals surface area contributed by atoms with Crippen molar-refractivity contribution in [3.05, 3.63) is 18.0 Å². The van der Waals surface area contributed by atoms with Gasteiger partial charge < -0.3 is 10.6 Å². The molecular weight excluding hydrogens is 228 g/mol. The van der Waals surface area contributed by atoms with Crippen molar-refractivity contribution in [2.24, 2.45) is 0 Å². The van der Waals surface area contributed by atoms with E-state index in [1.54, 1.807) is 0 Å². The van der Waals surface area contributed by atoms with Gasteiger partial charge in [-0.15, -0.1) is 0 Å². The van der Waals surface area contributed by atoms with Crippen molar-refractivity contribution in [1.29, 1.82) is 0 Å². The molecule has 1 atom stereocenters. The summed E-state index contributed by atoms with van der Waals surface area (Å²) in [6.07, 6.45) is 3.81. The highest BCUT2D eigenvalue weighted by Crippen LogP contribution is 2.01. The molecule has 0 saturated heterocycles. The van der Waals surface area contributed by atoms with Gasteiger partial charge in [0.1, 0.15) is 0 Å². The number of rotatable bonds is 5. The molecule has 0 radical (unpaired) electrons. The molecule has 0 fully saturated rings. The molecule has 1 aromatic rings. The monoisotopic (exact) mass is 252 g/mol. The van der Waals surface area contributed by atoms with Gasteiger partial charge in [0.15, 0.2) is 0 Å². The van der Waals surface area contributed by atoms with Gasteiger partial charge in [-0.05, 0) is 34.6 Å². The zero-order chi connectivity index (χ0) is 13.8. The molecule has 0 bridgehead atoms. The van der Waals surface area contributed by atoms with Crippen LogP contribution in [0.5, 0.6) is 0 Å². The molecule has 1 heterocycles. The van der Waals surface area contributed by atoms with Gasteiger partial charge in [0.2, 0.25) is 5.91 Å². The van der Waals surface area contributed by atoms with E-state index in [9.17, 15) is 4.79 Å². The van der Waals surface area contributed by atoms with Crippen LogP contribution in [0, 0.1) is 0 Å². The summed E-state index contributed by atoms with van der Waals surface area (Å²) in [6.45, 7) is 11.3. The molecule has 102 valence electrons. The summed E-state index contributed by atoms with van der Waals surface area (Å²) in [5.74, 6) is 0.0189. The summed E-state index contributed by atoms with van der Waals surface area (Å²) in [5, 5.41) is 10.3. The lowest BCUT2D eigenvalue weighted by Gasteiger charge is -2.23. The summed E-state index contributed by atoms with van der Waals surface area (Å²) in [7, 11) is 0. The Bertz CT molecular complexity index is 392. The maximum absolute atomic E-state index is 11.8. The van der Waals surface area contributed by atoms with Gasteiger partial charge in [-0.2, -0.15) is 5.10 Å². The first-order valence-electron chi connectivity index (χ1n) is 6.38. The Kier molecular flexibility index (Phi) is 4.90. The largest absolute Gasteiger partial charge is 0.350 e. The van der Waals surface area contributed by atoms with E-state index in [2.05, 4.69) is 15.7 Å². The van der Waals surface area contributed by atoms with Gasteiger partial charge in [0, 0.05) is 30.4 Å². The predicted molar refractivity (Wildman–Crippen MR) is 72.1 cm³/mol. The van der Waals surface area contributed by atoms with Crippen molar-refractivity contribution in [2.45, 2.75) is 59.3 Å². The fourth-order valence-corrected chi connectivity index (χ4v) is 1.51. The number of carbonyl (C=O) groups is 1. The third kappa shape index (κ3) is 4.87. The number of hydrogen-bond donors (Lipinski definition) is 2. The Morgan fingerprint density at radius 3 is 2.67 bits per heavy atom. The third-order valence-corrected chi connectivity index (χ3v) is 2.51. The van der Waals surface area contributed by atoms with Gasteiger partial charge in [-0.25, -0.2) is 0 Å². The van der Waals surface area contributed by atoms with E-state index < -0.39 is 0 Å². The Morgan fingerprint density at radius 1 is 1.50 bits per heavy atom. The number of aromatic nitrogens is 2. The first kappa shape index (κ1) is 14.7. The quantitative estimate of drug-likeness (QED) is 0.830. The van der Waals surface area contributed by atoms with Gasteiger partial charge in [0.25, 0.3) is 0 Å². The van der Waals surface area contributed by atoms with Crippen LogP contribution in [0.15, 0.2) is 12.4 Å². The highest BCUT2D eigenvalue weighted by atomic mass is 16.2. The molecule has 1 aromatic heterocycles. The third-order valence-electron chi connectivity index (χ3n) is 2.51. The topological polar surface area (TPSA) is 59.0 Å². The van der Waals surface area contributed by atoms with E-state index >= 15 is 0 Å². The number of amides is 1. The molecule has 0 saturated carbocycles. The number of hydrogen-bond acceptors (Lipinski definition) is 3. The molecule has 0 aromatic carbocycles. The molecule has 1 amide bonds. The van der Waals surface area contributed by atoms with E-state index in [1.807, 2.05) is 51.7 Å². The Balaban J connectivity index is 2.41. The van der Waals surface area contributed by atoms with Crippen LogP contribution >= 0.6 is 0 Å². The maximum Gasteiger partial charge on any atom is 0.237 e. The first-order chi connectivity index (χ1) is 8.31. The van der Waals surface area contributed by atoms with E-state index in [4.69, 9.17) is 0 Å². The predicted octanol–water partition coefficient (Wildman–Crippen LogP) is 1.30. The lowest BCUT2D eigenvalue weighted by atomic mass is 10.1. The zero-order valence-corrected chi connectivity index (χ0v) is 11.9. The molecule has 0 aliphatic heterocycles. The van der Waals surface area contributed by atoms with Crippen molar-refractivity contribution < 1.29 is 4.79 Å². The van der Waals surface area contributed by atoms with E-state index in [1.165, 1.54) is 0 Å². The summed E-state index contributed by atoms with van der Waals surface area (Å²) >= 11 is 0. The van der Waals surface area contributed by atoms with Gasteiger partial charge in [-0.3, -0.25) is 9.48 Å². The highest BCUT2D eigenvalue weighted by Gasteiger charge is 2.18. The Hall–Kier alpha value is -1.36. The molecule has 5 heteroatoms. The molecule has 18 heavy (non-hydrogen) atoms. The van der Waals surface area contributed by atoms with Gasteiger partial charge in [-0.1, -0.05) is 0 Å². The van der Waals surface area contributed by atoms with E-state index in [0.29, 0.717) is 6.54 Å². The summed E-state index contributed by atoms with van der Waals surface area (Å²) in [4.78, 5) is 11.8. The van der Waals surface area contributed by atoms with Crippen LogP contribution in [0.1, 0.15) is 40.2 Å². The number of aryl methyl sites for hydroxylation is 1. The first-order valence-corrected chi connectivity index (χ1v) is 6.38. The lowest BCUT2D eigenvalue weighted by molar-refractivity contribution is -0.124. The van der Waals surface area contributed by atoms with Crippen LogP contribution in [0.4, 0.5) is 0 Å². The van der Waals surface area contributed by atoms with Crippen molar-refractivity contribution in [3.8, 4) is 0 Å². The molecule has 1 unspecified atom stereocenters. The van der Waals surface area contributed by atoms with Crippen molar-refractivity contribution in [1.82, 2.24) is 20.4 Å². The molecule has 0 spiro atoms. The molecular formula is C13H24N4O. The summed E-state index contributed by atoms with van der Waals surface area (Å²) < 4.78 is 1.87. The minimum absolute atomic E-state index is 0.0189. The molecule has 5 nitrogen and oxygen atoms in total. The molecule has 0 aliphatic carbocycles. The zero-order valence-electron chi connectivity index (χ0n) is 11.9. The minimum Gasteiger partial charge on any atom is -0.350 e. The summed E-state index contributed by atoms with van der Waals surface area (Å²) in [6, 6.07) is -0.214. The smallest absolute Gasteiger partial charge is 0.237 e. The van der Waals surface area contributed by atoms with Gasteiger partial charge >= 0.3 is 0 Å². The number of carbonyl (C=O) groups excluding carboxylic acids is 1. The second-order valence-corrected chi connectivity index (χ2v) is 5.55. The fourth-order valence-electron chi connectivity index (χ4n) is 1.51. The second-order valence-electron chi connectivity index (χ2n) is 5.55. The van der Waals surface area contributed by atoms with E-state index in [-0.39, 0.29) is 17.5 Å². The molecule has 2 N–H and O–H groups in total. The standard InChI is InChI=1S/C13H24N4O/c1-6-17-9-11(8-15-17)7-14-10(2)12(18)16-13(3,4)5/h8-10,14H,6-7H2,1-5H3,(H,16,18). The average Bonchev–Trinajstić information content (AvgIpc) is 2.71. The second kappa shape index (κ2) is 6.00. The maximum atomic E-state index is 11.8. The van der Waals surface area contributed by atoms with Crippen LogP contribution in [0.3, 0.4) is 0 Å². The molecule has 0 aliphatic rings. The normalized spacial score (nSPS) is 13.4. The number of nitrogens with one attached hydrogen (secondary N) is 2. The lowest BCUT2D eigenvalue weighted by Crippen LogP contribution is -2.49. The van der Waals surface area contributed by atoms with E-state index in [0.717, 1.165) is 12.1 Å².